The van der Waals surface area contributed by atoms with E-state index in [2.05, 4.69) is 16.7 Å². The van der Waals surface area contributed by atoms with Crippen LogP contribution >= 0.6 is 11.8 Å². The summed E-state index contributed by atoms with van der Waals surface area (Å²) in [6, 6.07) is 7.50. The molecule has 0 radical (unpaired) electrons. The summed E-state index contributed by atoms with van der Waals surface area (Å²) in [6.45, 7) is 6.58. The van der Waals surface area contributed by atoms with E-state index in [-0.39, 0.29) is 5.82 Å². The normalized spacial score (nSPS) is 18.0. The number of para-hydroxylation sites is 1. The second kappa shape index (κ2) is 8.61. The fourth-order valence-electron chi connectivity index (χ4n) is 2.85. The first-order chi connectivity index (χ1) is 10.3. The summed E-state index contributed by atoms with van der Waals surface area (Å²) in [4.78, 5) is 4.60. The highest BCUT2D eigenvalue weighted by Gasteiger charge is 2.23. The number of benzene rings is 1. The number of nitrogens with zero attached hydrogens (tertiary/aromatic N) is 2. The molecule has 21 heavy (non-hydrogen) atoms. The van der Waals surface area contributed by atoms with Crippen LogP contribution in [0.5, 0.6) is 0 Å². The molecule has 1 heterocycles. The predicted molar refractivity (Wildman–Crippen MR) is 90.6 cm³/mol. The minimum absolute atomic E-state index is 0.124. The zero-order chi connectivity index (χ0) is 15.1. The summed E-state index contributed by atoms with van der Waals surface area (Å²) in [5.74, 6) is 2.21. The number of thioether (sulfide) groups is 1. The van der Waals surface area contributed by atoms with Gasteiger partial charge >= 0.3 is 0 Å². The maximum Gasteiger partial charge on any atom is 0.146 e. The molecule has 1 aliphatic rings. The Balaban J connectivity index is 1.86. The molecule has 1 aromatic rings. The number of anilines is 1. The summed E-state index contributed by atoms with van der Waals surface area (Å²) in [7, 11) is 0. The van der Waals surface area contributed by atoms with E-state index in [9.17, 15) is 4.39 Å². The summed E-state index contributed by atoms with van der Waals surface area (Å²) >= 11 is 1.97. The van der Waals surface area contributed by atoms with E-state index in [0.717, 1.165) is 38.3 Å². The van der Waals surface area contributed by atoms with E-state index in [4.69, 9.17) is 5.73 Å². The van der Waals surface area contributed by atoms with Gasteiger partial charge < -0.3 is 10.6 Å². The summed E-state index contributed by atoms with van der Waals surface area (Å²) in [5, 5.41) is 0. The Bertz CT molecular complexity index is 422. The average Bonchev–Trinajstić information content (AvgIpc) is 2.53. The van der Waals surface area contributed by atoms with Gasteiger partial charge in [-0.1, -0.05) is 19.1 Å². The van der Waals surface area contributed by atoms with Gasteiger partial charge in [0.1, 0.15) is 5.82 Å². The number of halogens is 1. The van der Waals surface area contributed by atoms with Crippen LogP contribution in [0.3, 0.4) is 0 Å². The quantitative estimate of drug-likeness (QED) is 0.784. The first-order valence-corrected chi connectivity index (χ1v) is 8.93. The van der Waals surface area contributed by atoms with E-state index in [0.29, 0.717) is 12.6 Å². The zero-order valence-corrected chi connectivity index (χ0v) is 13.6. The molecule has 0 spiro atoms. The summed E-state index contributed by atoms with van der Waals surface area (Å²) in [5.41, 5.74) is 6.66. The fraction of sp³-hybridized carbons (Fsp3) is 0.625. The minimum Gasteiger partial charge on any atom is -0.367 e. The summed E-state index contributed by atoms with van der Waals surface area (Å²) in [6.07, 6.45) is 1.15. The first kappa shape index (κ1) is 16.6. The van der Waals surface area contributed by atoms with E-state index in [1.54, 1.807) is 6.07 Å². The fourth-order valence-corrected chi connectivity index (χ4v) is 3.58. The van der Waals surface area contributed by atoms with Gasteiger partial charge in [0.05, 0.1) is 5.69 Å². The van der Waals surface area contributed by atoms with Crippen molar-refractivity contribution in [1.29, 1.82) is 0 Å². The third-order valence-electron chi connectivity index (χ3n) is 4.10. The van der Waals surface area contributed by atoms with Crippen LogP contribution in [0.1, 0.15) is 13.3 Å². The topological polar surface area (TPSA) is 32.5 Å². The largest absolute Gasteiger partial charge is 0.367 e. The molecule has 0 aromatic heterocycles. The second-order valence-electron chi connectivity index (χ2n) is 5.35. The molecule has 1 saturated heterocycles. The van der Waals surface area contributed by atoms with Crippen molar-refractivity contribution in [2.75, 3.05) is 49.1 Å². The number of nitrogens with two attached hydrogens (primary N) is 1. The number of hydrogen-bond acceptors (Lipinski definition) is 4. The number of rotatable bonds is 7. The molecule has 1 aromatic carbocycles. The molecular weight excluding hydrogens is 285 g/mol. The Morgan fingerprint density at radius 2 is 1.95 bits per heavy atom. The Morgan fingerprint density at radius 1 is 1.24 bits per heavy atom. The van der Waals surface area contributed by atoms with Crippen molar-refractivity contribution < 1.29 is 4.39 Å². The molecule has 3 nitrogen and oxygen atoms in total. The SMILES string of the molecule is CCSCCC(CN)N1CCN(c2ccccc2F)CC1. The highest BCUT2D eigenvalue weighted by atomic mass is 32.2. The van der Waals surface area contributed by atoms with Gasteiger partial charge in [-0.15, -0.1) is 0 Å². The van der Waals surface area contributed by atoms with Crippen LogP contribution < -0.4 is 10.6 Å². The maximum atomic E-state index is 13.8. The van der Waals surface area contributed by atoms with Crippen LogP contribution in [0.15, 0.2) is 24.3 Å². The highest BCUT2D eigenvalue weighted by molar-refractivity contribution is 7.99. The van der Waals surface area contributed by atoms with Crippen molar-refractivity contribution in [3.63, 3.8) is 0 Å². The molecule has 1 fully saturated rings. The maximum absolute atomic E-state index is 13.8. The van der Waals surface area contributed by atoms with Gasteiger partial charge in [-0.3, -0.25) is 4.90 Å². The molecule has 1 atom stereocenters. The molecule has 1 unspecified atom stereocenters. The number of piperazine rings is 1. The van der Waals surface area contributed by atoms with Crippen molar-refractivity contribution in [2.45, 2.75) is 19.4 Å². The van der Waals surface area contributed by atoms with Crippen molar-refractivity contribution in [3.05, 3.63) is 30.1 Å². The Kier molecular flexibility index (Phi) is 6.80. The zero-order valence-electron chi connectivity index (χ0n) is 12.8. The van der Waals surface area contributed by atoms with Gasteiger partial charge in [0.2, 0.25) is 0 Å². The molecule has 0 aliphatic carbocycles. The van der Waals surface area contributed by atoms with Gasteiger partial charge in [-0.05, 0) is 30.1 Å². The lowest BCUT2D eigenvalue weighted by Crippen LogP contribution is -2.52. The third kappa shape index (κ3) is 4.59. The van der Waals surface area contributed by atoms with Crippen molar-refractivity contribution >= 4 is 17.4 Å². The molecule has 2 N–H and O–H groups in total. The Labute approximate surface area is 131 Å². The van der Waals surface area contributed by atoms with Crippen LogP contribution in [0.2, 0.25) is 0 Å². The average molecular weight is 311 g/mol. The first-order valence-electron chi connectivity index (χ1n) is 7.77. The lowest BCUT2D eigenvalue weighted by Gasteiger charge is -2.40. The Hall–Kier alpha value is -0.780. The molecule has 5 heteroatoms. The van der Waals surface area contributed by atoms with Crippen molar-refractivity contribution in [3.8, 4) is 0 Å². The van der Waals surface area contributed by atoms with Gasteiger partial charge in [-0.25, -0.2) is 4.39 Å². The molecule has 0 bridgehead atoms. The summed E-state index contributed by atoms with van der Waals surface area (Å²) < 4.78 is 13.8. The standard InChI is InChI=1S/C16H26FN3S/c1-2-21-12-7-14(13-18)19-8-10-20(11-9-19)16-6-4-3-5-15(16)17/h3-6,14H,2,7-13,18H2,1H3. The van der Waals surface area contributed by atoms with E-state index < -0.39 is 0 Å². The lowest BCUT2D eigenvalue weighted by atomic mass is 10.1. The number of hydrogen-bond donors (Lipinski definition) is 1. The van der Waals surface area contributed by atoms with Crippen LogP contribution in [0.25, 0.3) is 0 Å². The van der Waals surface area contributed by atoms with Crippen molar-refractivity contribution in [2.24, 2.45) is 5.73 Å². The second-order valence-corrected chi connectivity index (χ2v) is 6.74. The van der Waals surface area contributed by atoms with Gasteiger partial charge in [0.25, 0.3) is 0 Å². The van der Waals surface area contributed by atoms with Gasteiger partial charge in [-0.2, -0.15) is 11.8 Å². The van der Waals surface area contributed by atoms with E-state index >= 15 is 0 Å². The molecular formula is C16H26FN3S. The third-order valence-corrected chi connectivity index (χ3v) is 5.03. The van der Waals surface area contributed by atoms with Crippen LogP contribution in [-0.2, 0) is 0 Å². The molecule has 2 rings (SSSR count). The van der Waals surface area contributed by atoms with Crippen LogP contribution in [-0.4, -0.2) is 55.2 Å². The van der Waals surface area contributed by atoms with Crippen molar-refractivity contribution in [1.82, 2.24) is 4.90 Å². The minimum atomic E-state index is -0.124. The van der Waals surface area contributed by atoms with Crippen LogP contribution in [0.4, 0.5) is 10.1 Å². The molecule has 118 valence electrons. The Morgan fingerprint density at radius 3 is 2.57 bits per heavy atom. The van der Waals surface area contributed by atoms with E-state index in [1.807, 2.05) is 23.9 Å². The van der Waals surface area contributed by atoms with E-state index in [1.165, 1.54) is 17.6 Å². The molecule has 1 aliphatic heterocycles. The van der Waals surface area contributed by atoms with Gasteiger partial charge in [0.15, 0.2) is 0 Å². The predicted octanol–water partition coefficient (Wildman–Crippen LogP) is 2.42. The smallest absolute Gasteiger partial charge is 0.146 e. The molecule has 0 amide bonds. The molecule has 0 saturated carbocycles. The highest BCUT2D eigenvalue weighted by Crippen LogP contribution is 2.21. The monoisotopic (exact) mass is 311 g/mol. The van der Waals surface area contributed by atoms with Gasteiger partial charge in [0, 0.05) is 38.8 Å². The van der Waals surface area contributed by atoms with Crippen LogP contribution in [0, 0.1) is 5.82 Å². The lowest BCUT2D eigenvalue weighted by molar-refractivity contribution is 0.185.